The van der Waals surface area contributed by atoms with E-state index in [0.29, 0.717) is 11.1 Å². The molecular weight excluding hydrogens is 271 g/mol. The molecule has 0 fully saturated rings. The van der Waals surface area contributed by atoms with E-state index in [2.05, 4.69) is 9.72 Å². The zero-order chi connectivity index (χ0) is 14.6. The van der Waals surface area contributed by atoms with Crippen LogP contribution in [-0.4, -0.2) is 29.5 Å². The Bertz CT molecular complexity index is 566. The first-order chi connectivity index (χ1) is 9.47. The average Bonchev–Trinajstić information content (AvgIpc) is 2.41. The van der Waals surface area contributed by atoms with Crippen LogP contribution in [0.25, 0.3) is 10.9 Å². The van der Waals surface area contributed by atoms with E-state index in [4.69, 9.17) is 0 Å². The van der Waals surface area contributed by atoms with Crippen LogP contribution >= 0.6 is 0 Å². The summed E-state index contributed by atoms with van der Waals surface area (Å²) in [6, 6.07) is 8.99. The first kappa shape index (κ1) is 14.7. The molecule has 108 valence electrons. The molecule has 1 heterocycles. The van der Waals surface area contributed by atoms with E-state index < -0.39 is 18.9 Å². The van der Waals surface area contributed by atoms with Crippen molar-refractivity contribution in [1.29, 1.82) is 0 Å². The third kappa shape index (κ3) is 3.91. The van der Waals surface area contributed by atoms with Gasteiger partial charge in [0.05, 0.1) is 11.6 Å². The number of ether oxygens (including phenoxy) is 1. The summed E-state index contributed by atoms with van der Waals surface area (Å²) in [4.78, 5) is 4.19. The van der Waals surface area contributed by atoms with E-state index >= 15 is 0 Å². The monoisotopic (exact) mass is 285 g/mol. The van der Waals surface area contributed by atoms with Crippen molar-refractivity contribution >= 4 is 10.9 Å². The lowest BCUT2D eigenvalue weighted by molar-refractivity contribution is -0.175. The summed E-state index contributed by atoms with van der Waals surface area (Å²) in [7, 11) is 0. The predicted molar refractivity (Wildman–Crippen MR) is 68.2 cm³/mol. The van der Waals surface area contributed by atoms with Crippen LogP contribution in [0.15, 0.2) is 36.5 Å². The third-order valence-corrected chi connectivity index (χ3v) is 2.82. The lowest BCUT2D eigenvalue weighted by atomic mass is 10.0. The number of benzene rings is 1. The number of pyridine rings is 1. The van der Waals surface area contributed by atoms with Gasteiger partial charge < -0.3 is 9.84 Å². The normalized spacial score (nSPS) is 13.6. The molecule has 2 aromatic rings. The van der Waals surface area contributed by atoms with Crippen LogP contribution in [0.4, 0.5) is 13.2 Å². The van der Waals surface area contributed by atoms with Crippen molar-refractivity contribution in [3.63, 3.8) is 0 Å². The number of nitrogens with zero attached hydrogens (tertiary/aromatic N) is 1. The van der Waals surface area contributed by atoms with Crippen molar-refractivity contribution in [2.75, 3.05) is 13.2 Å². The van der Waals surface area contributed by atoms with Crippen LogP contribution in [0.1, 0.15) is 18.1 Å². The van der Waals surface area contributed by atoms with Crippen LogP contribution in [0, 0.1) is 0 Å². The summed E-state index contributed by atoms with van der Waals surface area (Å²) >= 11 is 0. The molecule has 0 saturated carbocycles. The molecule has 1 aromatic carbocycles. The maximum atomic E-state index is 11.9. The second kappa shape index (κ2) is 6.19. The Morgan fingerprint density at radius 1 is 1.20 bits per heavy atom. The molecule has 1 N–H and O–H groups in total. The van der Waals surface area contributed by atoms with Gasteiger partial charge in [-0.1, -0.05) is 24.3 Å². The Balaban J connectivity index is 1.99. The summed E-state index contributed by atoms with van der Waals surface area (Å²) in [5.74, 6) is 0. The van der Waals surface area contributed by atoms with Crippen LogP contribution < -0.4 is 0 Å². The van der Waals surface area contributed by atoms with Gasteiger partial charge in [0.25, 0.3) is 0 Å². The zero-order valence-electron chi connectivity index (χ0n) is 10.6. The van der Waals surface area contributed by atoms with Crippen molar-refractivity contribution in [3.8, 4) is 0 Å². The first-order valence-corrected chi connectivity index (χ1v) is 6.13. The molecule has 0 radical (unpaired) electrons. The summed E-state index contributed by atoms with van der Waals surface area (Å²) in [6.07, 6.45) is -3.54. The Morgan fingerprint density at radius 3 is 2.70 bits per heavy atom. The van der Waals surface area contributed by atoms with Gasteiger partial charge in [-0.25, -0.2) is 0 Å². The SMILES string of the molecule is OC(CCOCC(F)(F)F)c1cccc2cccnc12. The topological polar surface area (TPSA) is 42.4 Å². The third-order valence-electron chi connectivity index (χ3n) is 2.82. The number of aliphatic hydroxyl groups is 1. The standard InChI is InChI=1S/C14H14F3NO2/c15-14(16,17)9-20-8-6-12(19)11-5-1-3-10-4-2-7-18-13(10)11/h1-5,7,12,19H,6,8-9H2. The maximum absolute atomic E-state index is 11.9. The number of alkyl halides is 3. The Labute approximate surface area is 114 Å². The molecule has 20 heavy (non-hydrogen) atoms. The second-order valence-corrected chi connectivity index (χ2v) is 4.39. The second-order valence-electron chi connectivity index (χ2n) is 4.39. The van der Waals surface area contributed by atoms with Gasteiger partial charge in [-0.05, 0) is 6.07 Å². The molecular formula is C14H14F3NO2. The Morgan fingerprint density at radius 2 is 1.95 bits per heavy atom. The molecule has 0 aliphatic rings. The van der Waals surface area contributed by atoms with Gasteiger partial charge in [-0.15, -0.1) is 0 Å². The van der Waals surface area contributed by atoms with Gasteiger partial charge in [0.15, 0.2) is 0 Å². The molecule has 0 amide bonds. The highest BCUT2D eigenvalue weighted by atomic mass is 19.4. The summed E-state index contributed by atoms with van der Waals surface area (Å²) in [5.41, 5.74) is 1.25. The molecule has 1 unspecified atom stereocenters. The van der Waals surface area contributed by atoms with Gasteiger partial charge >= 0.3 is 6.18 Å². The van der Waals surface area contributed by atoms with Gasteiger partial charge in [0.2, 0.25) is 0 Å². The first-order valence-electron chi connectivity index (χ1n) is 6.13. The summed E-state index contributed by atoms with van der Waals surface area (Å²) in [5, 5.41) is 10.9. The fourth-order valence-corrected chi connectivity index (χ4v) is 1.94. The molecule has 6 heteroatoms. The van der Waals surface area contributed by atoms with E-state index in [1.165, 1.54) is 0 Å². The number of hydrogen-bond acceptors (Lipinski definition) is 3. The predicted octanol–water partition coefficient (Wildman–Crippen LogP) is 3.24. The van der Waals surface area contributed by atoms with E-state index in [-0.39, 0.29) is 13.0 Å². The number of aliphatic hydroxyl groups excluding tert-OH is 1. The van der Waals surface area contributed by atoms with Crippen LogP contribution in [0.3, 0.4) is 0 Å². The minimum atomic E-state index is -4.34. The molecule has 0 aliphatic heterocycles. The fourth-order valence-electron chi connectivity index (χ4n) is 1.94. The van der Waals surface area contributed by atoms with Crippen molar-refractivity contribution in [2.45, 2.75) is 18.7 Å². The quantitative estimate of drug-likeness (QED) is 0.858. The fraction of sp³-hybridized carbons (Fsp3) is 0.357. The number of rotatable bonds is 5. The lowest BCUT2D eigenvalue weighted by Gasteiger charge is -2.14. The van der Waals surface area contributed by atoms with E-state index in [1.807, 2.05) is 12.1 Å². The van der Waals surface area contributed by atoms with Crippen molar-refractivity contribution in [2.24, 2.45) is 0 Å². The highest BCUT2D eigenvalue weighted by molar-refractivity contribution is 5.81. The van der Waals surface area contributed by atoms with Gasteiger partial charge in [0, 0.05) is 30.2 Å². The van der Waals surface area contributed by atoms with Crippen LogP contribution in [0.5, 0.6) is 0 Å². The molecule has 1 atom stereocenters. The van der Waals surface area contributed by atoms with Crippen LogP contribution in [-0.2, 0) is 4.74 Å². The number of para-hydroxylation sites is 1. The molecule has 2 rings (SSSR count). The summed E-state index contributed by atoms with van der Waals surface area (Å²) in [6.45, 7) is -1.46. The largest absolute Gasteiger partial charge is 0.411 e. The minimum Gasteiger partial charge on any atom is -0.388 e. The Kier molecular flexibility index (Phi) is 4.57. The highest BCUT2D eigenvalue weighted by Crippen LogP contribution is 2.24. The Hall–Kier alpha value is -1.66. The van der Waals surface area contributed by atoms with Gasteiger partial charge in [-0.2, -0.15) is 13.2 Å². The van der Waals surface area contributed by atoms with Gasteiger partial charge in [0.1, 0.15) is 6.61 Å². The number of fused-ring (bicyclic) bond motifs is 1. The van der Waals surface area contributed by atoms with Crippen molar-refractivity contribution in [3.05, 3.63) is 42.1 Å². The zero-order valence-corrected chi connectivity index (χ0v) is 10.6. The minimum absolute atomic E-state index is 0.0891. The highest BCUT2D eigenvalue weighted by Gasteiger charge is 2.27. The van der Waals surface area contributed by atoms with Crippen molar-refractivity contribution < 1.29 is 23.0 Å². The molecule has 0 saturated heterocycles. The van der Waals surface area contributed by atoms with Gasteiger partial charge in [-0.3, -0.25) is 4.98 Å². The number of halogens is 3. The maximum Gasteiger partial charge on any atom is 0.411 e. The molecule has 0 aliphatic carbocycles. The van der Waals surface area contributed by atoms with E-state index in [9.17, 15) is 18.3 Å². The van der Waals surface area contributed by atoms with Crippen LogP contribution in [0.2, 0.25) is 0 Å². The number of aromatic nitrogens is 1. The van der Waals surface area contributed by atoms with E-state index in [1.54, 1.807) is 24.4 Å². The molecule has 1 aromatic heterocycles. The average molecular weight is 285 g/mol. The summed E-state index contributed by atoms with van der Waals surface area (Å²) < 4.78 is 40.2. The lowest BCUT2D eigenvalue weighted by Crippen LogP contribution is -2.18. The molecule has 0 spiro atoms. The molecule has 3 nitrogen and oxygen atoms in total. The van der Waals surface area contributed by atoms with Crippen molar-refractivity contribution in [1.82, 2.24) is 4.98 Å². The van der Waals surface area contributed by atoms with E-state index in [0.717, 1.165) is 5.39 Å². The number of hydrogen-bond donors (Lipinski definition) is 1. The molecule has 0 bridgehead atoms. The smallest absolute Gasteiger partial charge is 0.388 e.